The average molecular weight is 193 g/mol. The molecule has 0 amide bonds. The Balaban J connectivity index is 2.65. The van der Waals surface area contributed by atoms with Gasteiger partial charge in [-0.2, -0.15) is 0 Å². The second-order valence-corrected chi connectivity index (χ2v) is 3.04. The predicted octanol–water partition coefficient (Wildman–Crippen LogP) is 0.754. The van der Waals surface area contributed by atoms with Gasteiger partial charge in [-0.05, 0) is 24.4 Å². The van der Waals surface area contributed by atoms with E-state index in [0.717, 1.165) is 5.69 Å². The average Bonchev–Trinajstić information content (AvgIpc) is 2.48. The molecule has 5 heteroatoms. The third kappa shape index (κ3) is 1.38. The van der Waals surface area contributed by atoms with Crippen molar-refractivity contribution in [2.75, 3.05) is 0 Å². The molecule has 0 unspecified atom stereocenters. The summed E-state index contributed by atoms with van der Waals surface area (Å²) < 4.78 is 2.41. The maximum atomic E-state index is 5.08. The SMILES string of the molecule is C[n+]1n[nH]c(=S)n1-c1ccccc1. The quantitative estimate of drug-likeness (QED) is 0.536. The van der Waals surface area contributed by atoms with E-state index in [9.17, 15) is 0 Å². The Labute approximate surface area is 80.4 Å². The molecule has 0 saturated heterocycles. The smallest absolute Gasteiger partial charge is 0.116 e. The number of nitrogens with one attached hydrogen (secondary N) is 1. The van der Waals surface area contributed by atoms with Crippen LogP contribution in [0.1, 0.15) is 0 Å². The van der Waals surface area contributed by atoms with E-state index < -0.39 is 0 Å². The summed E-state index contributed by atoms with van der Waals surface area (Å²) in [5.74, 6) is 0. The summed E-state index contributed by atoms with van der Waals surface area (Å²) in [6.07, 6.45) is 0. The molecule has 0 aliphatic carbocycles. The van der Waals surface area contributed by atoms with E-state index in [1.54, 1.807) is 4.80 Å². The Morgan fingerprint density at radius 3 is 2.62 bits per heavy atom. The number of aromatic nitrogens is 4. The zero-order valence-corrected chi connectivity index (χ0v) is 7.95. The third-order valence-corrected chi connectivity index (χ3v) is 2.04. The number of hydrogen-bond acceptors (Lipinski definition) is 2. The van der Waals surface area contributed by atoms with E-state index in [1.165, 1.54) is 0 Å². The normalized spacial score (nSPS) is 10.2. The first-order chi connectivity index (χ1) is 6.29. The maximum absolute atomic E-state index is 5.08. The van der Waals surface area contributed by atoms with Gasteiger partial charge in [0.25, 0.3) is 0 Å². The van der Waals surface area contributed by atoms with Crippen molar-refractivity contribution in [1.29, 1.82) is 0 Å². The Morgan fingerprint density at radius 2 is 2.08 bits per heavy atom. The first-order valence-electron chi connectivity index (χ1n) is 3.88. The number of benzene rings is 1. The van der Waals surface area contributed by atoms with Gasteiger partial charge < -0.3 is 0 Å². The van der Waals surface area contributed by atoms with Gasteiger partial charge in [0.15, 0.2) is 0 Å². The van der Waals surface area contributed by atoms with E-state index in [4.69, 9.17) is 12.2 Å². The standard InChI is InChI=1S/C8H8N4S/c1-11-10-9-8(13)12(11)7-5-3-2-4-6-7/h2-6H,1H3/p+1. The van der Waals surface area contributed by atoms with Crippen LogP contribution < -0.4 is 4.80 Å². The van der Waals surface area contributed by atoms with E-state index in [2.05, 4.69) is 10.3 Å². The zero-order chi connectivity index (χ0) is 9.26. The summed E-state index contributed by atoms with van der Waals surface area (Å²) in [6.45, 7) is 0. The summed E-state index contributed by atoms with van der Waals surface area (Å²) in [6, 6.07) is 9.85. The molecule has 1 N–H and O–H groups in total. The Bertz CT molecular complexity index is 456. The van der Waals surface area contributed by atoms with Gasteiger partial charge in [0.05, 0.1) is 5.69 Å². The molecule has 2 aromatic rings. The van der Waals surface area contributed by atoms with Crippen LogP contribution in [0.2, 0.25) is 0 Å². The van der Waals surface area contributed by atoms with E-state index in [1.807, 2.05) is 42.1 Å². The second-order valence-electron chi connectivity index (χ2n) is 2.65. The van der Waals surface area contributed by atoms with Gasteiger partial charge in [-0.25, -0.2) is 0 Å². The summed E-state index contributed by atoms with van der Waals surface area (Å²) >= 11 is 5.08. The molecule has 0 saturated carbocycles. The van der Waals surface area contributed by atoms with Gasteiger partial charge in [0, 0.05) is 0 Å². The fourth-order valence-corrected chi connectivity index (χ4v) is 1.46. The Kier molecular flexibility index (Phi) is 1.94. The lowest BCUT2D eigenvalue weighted by Crippen LogP contribution is -2.40. The molecule has 1 aromatic heterocycles. The largest absolute Gasteiger partial charge is 0.326 e. The van der Waals surface area contributed by atoms with Crippen molar-refractivity contribution in [2.45, 2.75) is 0 Å². The highest BCUT2D eigenvalue weighted by molar-refractivity contribution is 7.71. The predicted molar refractivity (Wildman–Crippen MR) is 49.9 cm³/mol. The van der Waals surface area contributed by atoms with Crippen molar-refractivity contribution < 1.29 is 4.80 Å². The van der Waals surface area contributed by atoms with Crippen LogP contribution in [0.25, 0.3) is 5.69 Å². The number of aromatic amines is 1. The molecule has 0 fully saturated rings. The van der Waals surface area contributed by atoms with Crippen LogP contribution in [0.3, 0.4) is 0 Å². The molecule has 0 spiro atoms. The van der Waals surface area contributed by atoms with Crippen LogP contribution in [-0.4, -0.2) is 15.0 Å². The van der Waals surface area contributed by atoms with Gasteiger partial charge in [-0.3, -0.25) is 0 Å². The number of nitrogens with zero attached hydrogens (tertiary/aromatic N) is 3. The summed E-state index contributed by atoms with van der Waals surface area (Å²) in [5, 5.41) is 6.67. The van der Waals surface area contributed by atoms with Gasteiger partial charge in [0.2, 0.25) is 0 Å². The number of hydrogen-bond donors (Lipinski definition) is 1. The second kappa shape index (κ2) is 3.10. The van der Waals surface area contributed by atoms with Crippen LogP contribution >= 0.6 is 12.2 Å². The number of para-hydroxylation sites is 1. The lowest BCUT2D eigenvalue weighted by Gasteiger charge is -1.96. The van der Waals surface area contributed by atoms with Crippen LogP contribution in [-0.2, 0) is 7.05 Å². The minimum absolute atomic E-state index is 0.591. The summed E-state index contributed by atoms with van der Waals surface area (Å²) in [5.41, 5.74) is 1.00. The molecule has 4 nitrogen and oxygen atoms in total. The lowest BCUT2D eigenvalue weighted by atomic mass is 10.3. The molecule has 66 valence electrons. The molecular formula is C8H9N4S+. The van der Waals surface area contributed by atoms with Crippen LogP contribution in [0.5, 0.6) is 0 Å². The van der Waals surface area contributed by atoms with Crippen molar-refractivity contribution >= 4 is 12.2 Å². The molecule has 0 aliphatic heterocycles. The van der Waals surface area contributed by atoms with E-state index in [0.29, 0.717) is 4.77 Å². The maximum Gasteiger partial charge on any atom is 0.326 e. The molecule has 1 heterocycles. The molecule has 1 aromatic carbocycles. The minimum atomic E-state index is 0.591. The fraction of sp³-hybridized carbons (Fsp3) is 0.125. The van der Waals surface area contributed by atoms with Crippen LogP contribution in [0.4, 0.5) is 0 Å². The van der Waals surface area contributed by atoms with Crippen molar-refractivity contribution in [1.82, 2.24) is 15.0 Å². The molecule has 13 heavy (non-hydrogen) atoms. The van der Waals surface area contributed by atoms with Crippen molar-refractivity contribution in [3.05, 3.63) is 35.1 Å². The highest BCUT2D eigenvalue weighted by Gasteiger charge is 2.07. The zero-order valence-electron chi connectivity index (χ0n) is 7.14. The van der Waals surface area contributed by atoms with Crippen LogP contribution in [0.15, 0.2) is 30.3 Å². The number of tetrazole rings is 1. The summed E-state index contributed by atoms with van der Waals surface area (Å²) in [4.78, 5) is 1.66. The molecule has 0 bridgehead atoms. The van der Waals surface area contributed by atoms with Gasteiger partial charge in [-0.15, -0.1) is 9.78 Å². The van der Waals surface area contributed by atoms with Gasteiger partial charge in [0.1, 0.15) is 12.3 Å². The van der Waals surface area contributed by atoms with Gasteiger partial charge in [-0.1, -0.05) is 23.0 Å². The highest BCUT2D eigenvalue weighted by atomic mass is 32.1. The summed E-state index contributed by atoms with van der Waals surface area (Å²) in [7, 11) is 1.83. The molecular weight excluding hydrogens is 184 g/mol. The van der Waals surface area contributed by atoms with Gasteiger partial charge >= 0.3 is 4.77 Å². The number of rotatable bonds is 1. The van der Waals surface area contributed by atoms with Crippen molar-refractivity contribution in [3.8, 4) is 5.69 Å². The molecule has 0 aliphatic rings. The molecule has 2 rings (SSSR count). The topological polar surface area (TPSA) is 37.5 Å². The third-order valence-electron chi connectivity index (χ3n) is 1.77. The lowest BCUT2D eigenvalue weighted by molar-refractivity contribution is -0.800. The van der Waals surface area contributed by atoms with Crippen molar-refractivity contribution in [3.63, 3.8) is 0 Å². The number of aryl methyl sites for hydroxylation is 1. The first-order valence-corrected chi connectivity index (χ1v) is 4.29. The van der Waals surface area contributed by atoms with E-state index in [-0.39, 0.29) is 0 Å². The first kappa shape index (κ1) is 8.12. The fourth-order valence-electron chi connectivity index (χ4n) is 1.19. The Morgan fingerprint density at radius 1 is 1.38 bits per heavy atom. The number of H-pyrrole nitrogens is 1. The minimum Gasteiger partial charge on any atom is -0.116 e. The van der Waals surface area contributed by atoms with Crippen LogP contribution in [0, 0.1) is 4.77 Å². The molecule has 0 radical (unpaired) electrons. The highest BCUT2D eigenvalue weighted by Crippen LogP contribution is 2.02. The monoisotopic (exact) mass is 193 g/mol. The molecule has 0 atom stereocenters. The van der Waals surface area contributed by atoms with E-state index >= 15 is 0 Å². The van der Waals surface area contributed by atoms with Crippen molar-refractivity contribution in [2.24, 2.45) is 7.05 Å². The Hall–Kier alpha value is -1.49.